The SMILES string of the molecule is CC(C)(C)OC(=O)Oc1cccc(OCC(F)(F)F)c1. The molecule has 112 valence electrons. The zero-order valence-electron chi connectivity index (χ0n) is 11.3. The second-order valence-electron chi connectivity index (χ2n) is 4.95. The number of rotatable bonds is 3. The van der Waals surface area contributed by atoms with Crippen LogP contribution in [0.3, 0.4) is 0 Å². The van der Waals surface area contributed by atoms with Crippen molar-refractivity contribution in [2.75, 3.05) is 6.61 Å². The van der Waals surface area contributed by atoms with Gasteiger partial charge in [0.25, 0.3) is 0 Å². The van der Waals surface area contributed by atoms with Crippen molar-refractivity contribution in [1.82, 2.24) is 0 Å². The van der Waals surface area contributed by atoms with E-state index in [0.29, 0.717) is 0 Å². The van der Waals surface area contributed by atoms with Crippen molar-refractivity contribution >= 4 is 6.16 Å². The van der Waals surface area contributed by atoms with Gasteiger partial charge < -0.3 is 14.2 Å². The zero-order chi connectivity index (χ0) is 15.4. The summed E-state index contributed by atoms with van der Waals surface area (Å²) < 4.78 is 50.3. The van der Waals surface area contributed by atoms with Gasteiger partial charge in [-0.05, 0) is 32.9 Å². The third kappa shape index (κ3) is 6.86. The Bertz CT molecular complexity index is 463. The van der Waals surface area contributed by atoms with E-state index in [0.717, 1.165) is 0 Å². The molecule has 7 heteroatoms. The normalized spacial score (nSPS) is 11.9. The number of hydrogen-bond donors (Lipinski definition) is 0. The van der Waals surface area contributed by atoms with E-state index in [9.17, 15) is 18.0 Å². The predicted octanol–water partition coefficient (Wildman–Crippen LogP) is 3.94. The van der Waals surface area contributed by atoms with E-state index >= 15 is 0 Å². The first kappa shape index (κ1) is 16.1. The third-order valence-electron chi connectivity index (χ3n) is 1.80. The average molecular weight is 292 g/mol. The summed E-state index contributed by atoms with van der Waals surface area (Å²) in [6.45, 7) is 3.58. The molecule has 1 aromatic carbocycles. The van der Waals surface area contributed by atoms with Crippen molar-refractivity contribution in [2.24, 2.45) is 0 Å². The molecule has 0 aliphatic carbocycles. The van der Waals surface area contributed by atoms with Crippen molar-refractivity contribution in [3.05, 3.63) is 24.3 Å². The largest absolute Gasteiger partial charge is 0.514 e. The molecule has 0 N–H and O–H groups in total. The Balaban J connectivity index is 2.62. The summed E-state index contributed by atoms with van der Waals surface area (Å²) in [6, 6.07) is 5.32. The molecule has 0 aliphatic rings. The van der Waals surface area contributed by atoms with E-state index in [1.165, 1.54) is 24.3 Å². The molecule has 1 rings (SSSR count). The van der Waals surface area contributed by atoms with Crippen LogP contribution in [0.15, 0.2) is 24.3 Å². The topological polar surface area (TPSA) is 44.8 Å². The third-order valence-corrected chi connectivity index (χ3v) is 1.80. The Kier molecular flexibility index (Phi) is 4.86. The van der Waals surface area contributed by atoms with Crippen LogP contribution in [0.2, 0.25) is 0 Å². The van der Waals surface area contributed by atoms with E-state index in [2.05, 4.69) is 4.74 Å². The smallest absolute Gasteiger partial charge is 0.484 e. The fourth-order valence-corrected chi connectivity index (χ4v) is 1.16. The number of halogens is 3. The van der Waals surface area contributed by atoms with E-state index in [1.54, 1.807) is 20.8 Å². The lowest BCUT2D eigenvalue weighted by molar-refractivity contribution is -0.153. The summed E-state index contributed by atoms with van der Waals surface area (Å²) >= 11 is 0. The molecular weight excluding hydrogens is 277 g/mol. The summed E-state index contributed by atoms with van der Waals surface area (Å²) in [4.78, 5) is 11.4. The summed E-state index contributed by atoms with van der Waals surface area (Å²) in [6.07, 6.45) is -5.37. The highest BCUT2D eigenvalue weighted by Crippen LogP contribution is 2.23. The van der Waals surface area contributed by atoms with E-state index in [-0.39, 0.29) is 11.5 Å². The van der Waals surface area contributed by atoms with E-state index in [4.69, 9.17) is 9.47 Å². The van der Waals surface area contributed by atoms with Crippen molar-refractivity contribution < 1.29 is 32.2 Å². The van der Waals surface area contributed by atoms with Gasteiger partial charge in [0.05, 0.1) is 0 Å². The first-order valence-electron chi connectivity index (χ1n) is 5.76. The summed E-state index contributed by atoms with van der Waals surface area (Å²) in [5, 5.41) is 0. The van der Waals surface area contributed by atoms with Crippen molar-refractivity contribution in [1.29, 1.82) is 0 Å². The second-order valence-corrected chi connectivity index (χ2v) is 4.95. The van der Waals surface area contributed by atoms with Crippen LogP contribution in [-0.4, -0.2) is 24.5 Å². The maximum absolute atomic E-state index is 12.0. The molecule has 0 aliphatic heterocycles. The highest BCUT2D eigenvalue weighted by Gasteiger charge is 2.28. The first-order valence-corrected chi connectivity index (χ1v) is 5.76. The molecule has 0 unspecified atom stereocenters. The van der Waals surface area contributed by atoms with Gasteiger partial charge in [-0.3, -0.25) is 0 Å². The Morgan fingerprint density at radius 1 is 1.15 bits per heavy atom. The van der Waals surface area contributed by atoms with Crippen LogP contribution in [0.5, 0.6) is 11.5 Å². The van der Waals surface area contributed by atoms with Crippen LogP contribution in [-0.2, 0) is 4.74 Å². The Morgan fingerprint density at radius 3 is 2.30 bits per heavy atom. The molecule has 20 heavy (non-hydrogen) atoms. The molecule has 0 saturated carbocycles. The average Bonchev–Trinajstić information content (AvgIpc) is 2.23. The van der Waals surface area contributed by atoms with Gasteiger partial charge in [-0.2, -0.15) is 13.2 Å². The van der Waals surface area contributed by atoms with Crippen molar-refractivity contribution in [3.63, 3.8) is 0 Å². The van der Waals surface area contributed by atoms with Crippen LogP contribution in [0.25, 0.3) is 0 Å². The van der Waals surface area contributed by atoms with Gasteiger partial charge >= 0.3 is 12.3 Å². The van der Waals surface area contributed by atoms with Crippen LogP contribution in [0.1, 0.15) is 20.8 Å². The quantitative estimate of drug-likeness (QED) is 0.625. The molecule has 0 aromatic heterocycles. The standard InChI is InChI=1S/C13H15F3O4/c1-12(2,3)20-11(17)19-10-6-4-5-9(7-10)18-8-13(14,15)16/h4-7H,8H2,1-3H3. The van der Waals surface area contributed by atoms with Gasteiger partial charge in [-0.1, -0.05) is 6.07 Å². The van der Waals surface area contributed by atoms with Gasteiger partial charge in [0.15, 0.2) is 6.61 Å². The number of carbonyl (C=O) groups excluding carboxylic acids is 1. The molecule has 0 heterocycles. The zero-order valence-corrected chi connectivity index (χ0v) is 11.3. The minimum absolute atomic E-state index is 0.0407. The van der Waals surface area contributed by atoms with Crippen molar-refractivity contribution in [3.8, 4) is 11.5 Å². The first-order chi connectivity index (χ1) is 9.05. The van der Waals surface area contributed by atoms with Gasteiger partial charge in [-0.25, -0.2) is 4.79 Å². The minimum atomic E-state index is -4.43. The maximum Gasteiger partial charge on any atom is 0.514 e. The highest BCUT2D eigenvalue weighted by atomic mass is 19.4. The van der Waals surface area contributed by atoms with Crippen molar-refractivity contribution in [2.45, 2.75) is 32.5 Å². The Labute approximate surface area is 114 Å². The number of carbonyl (C=O) groups is 1. The van der Waals surface area contributed by atoms with Crippen LogP contribution in [0.4, 0.5) is 18.0 Å². The van der Waals surface area contributed by atoms with Crippen LogP contribution >= 0.6 is 0 Å². The van der Waals surface area contributed by atoms with Gasteiger partial charge in [-0.15, -0.1) is 0 Å². The number of alkyl halides is 3. The molecule has 1 aromatic rings. The number of hydrogen-bond acceptors (Lipinski definition) is 4. The highest BCUT2D eigenvalue weighted by molar-refractivity contribution is 5.64. The molecule has 0 saturated heterocycles. The number of benzene rings is 1. The lowest BCUT2D eigenvalue weighted by atomic mass is 10.2. The molecular formula is C13H15F3O4. The maximum atomic E-state index is 12.0. The van der Waals surface area contributed by atoms with Crippen LogP contribution in [0, 0.1) is 0 Å². The van der Waals surface area contributed by atoms with Gasteiger partial charge in [0.2, 0.25) is 0 Å². The fraction of sp³-hybridized carbons (Fsp3) is 0.462. The molecule has 0 spiro atoms. The monoisotopic (exact) mass is 292 g/mol. The summed E-state index contributed by atoms with van der Waals surface area (Å²) in [5.74, 6) is -0.0118. The van der Waals surface area contributed by atoms with Gasteiger partial charge in [0, 0.05) is 6.07 Å². The number of ether oxygens (including phenoxy) is 3. The summed E-state index contributed by atoms with van der Waals surface area (Å²) in [5.41, 5.74) is -0.721. The molecule has 4 nitrogen and oxygen atoms in total. The van der Waals surface area contributed by atoms with Crippen LogP contribution < -0.4 is 9.47 Å². The molecule has 0 radical (unpaired) electrons. The molecule has 0 atom stereocenters. The van der Waals surface area contributed by atoms with E-state index in [1.807, 2.05) is 0 Å². The Morgan fingerprint density at radius 2 is 1.75 bits per heavy atom. The second kappa shape index (κ2) is 6.02. The lowest BCUT2D eigenvalue weighted by Crippen LogP contribution is -2.26. The minimum Gasteiger partial charge on any atom is -0.484 e. The Hall–Kier alpha value is -1.92. The molecule has 0 amide bonds. The molecule has 0 fully saturated rings. The molecule has 0 bridgehead atoms. The predicted molar refractivity (Wildman–Crippen MR) is 64.9 cm³/mol. The van der Waals surface area contributed by atoms with E-state index < -0.39 is 24.5 Å². The summed E-state index contributed by atoms with van der Waals surface area (Å²) in [7, 11) is 0. The fourth-order valence-electron chi connectivity index (χ4n) is 1.16. The van der Waals surface area contributed by atoms with Gasteiger partial charge in [0.1, 0.15) is 17.1 Å². The lowest BCUT2D eigenvalue weighted by Gasteiger charge is -2.18.